The first kappa shape index (κ1) is 17.1. The molecule has 1 aliphatic heterocycles. The molecule has 5 aromatic heterocycles. The zero-order chi connectivity index (χ0) is 20.1. The van der Waals surface area contributed by atoms with Crippen molar-refractivity contribution < 1.29 is 4.42 Å². The summed E-state index contributed by atoms with van der Waals surface area (Å²) in [6.07, 6.45) is 9.09. The molecule has 6 heterocycles. The van der Waals surface area contributed by atoms with Gasteiger partial charge >= 0.3 is 6.01 Å². The molecule has 0 amide bonds. The molecule has 0 saturated heterocycles. The first-order valence-corrected chi connectivity index (χ1v) is 9.68. The number of fused-ring (bicyclic) bond motifs is 2. The summed E-state index contributed by atoms with van der Waals surface area (Å²) in [5, 5.41) is 13.8. The predicted octanol–water partition coefficient (Wildman–Crippen LogP) is 2.70. The number of aromatic amines is 1. The highest BCUT2D eigenvalue weighted by atomic mass is 35.5. The zero-order valence-corrected chi connectivity index (χ0v) is 16.2. The summed E-state index contributed by atoms with van der Waals surface area (Å²) in [5.41, 5.74) is 4.07. The second kappa shape index (κ2) is 6.63. The molecule has 1 unspecified atom stereocenters. The number of nitrogens with zero attached hydrogens (tertiary/aromatic N) is 8. The second-order valence-electron chi connectivity index (χ2n) is 6.85. The molecule has 10 nitrogen and oxygen atoms in total. The first-order valence-electron chi connectivity index (χ1n) is 9.30. The fourth-order valence-electron chi connectivity index (χ4n) is 3.76. The van der Waals surface area contributed by atoms with Gasteiger partial charge in [-0.15, -0.1) is 5.10 Å². The third-order valence-corrected chi connectivity index (χ3v) is 5.44. The summed E-state index contributed by atoms with van der Waals surface area (Å²) >= 11 is 6.36. The lowest BCUT2D eigenvalue weighted by Crippen LogP contribution is -2.36. The maximum absolute atomic E-state index is 6.36. The van der Waals surface area contributed by atoms with Crippen LogP contribution in [-0.2, 0) is 6.42 Å². The number of rotatable bonds is 3. The Kier molecular flexibility index (Phi) is 3.78. The maximum atomic E-state index is 6.36. The summed E-state index contributed by atoms with van der Waals surface area (Å²) in [6.45, 7) is 0.656. The van der Waals surface area contributed by atoms with E-state index in [1.807, 2.05) is 29.3 Å². The van der Waals surface area contributed by atoms with Crippen molar-refractivity contribution in [1.82, 2.24) is 39.7 Å². The van der Waals surface area contributed by atoms with E-state index in [1.165, 1.54) is 0 Å². The van der Waals surface area contributed by atoms with Crippen LogP contribution in [0.1, 0.15) is 23.1 Å². The minimum Gasteiger partial charge on any atom is -0.401 e. The number of H-pyrrole nitrogens is 1. The predicted molar refractivity (Wildman–Crippen MR) is 107 cm³/mol. The molecule has 1 atom stereocenters. The lowest BCUT2D eigenvalue weighted by molar-refractivity contribution is 0.502. The molecule has 148 valence electrons. The lowest BCUT2D eigenvalue weighted by Gasteiger charge is -2.32. The number of imidazole rings is 1. The van der Waals surface area contributed by atoms with E-state index in [0.717, 1.165) is 29.0 Å². The van der Waals surface area contributed by atoms with Crippen LogP contribution in [0.3, 0.4) is 0 Å². The minimum absolute atomic E-state index is 0.300. The van der Waals surface area contributed by atoms with Crippen molar-refractivity contribution in [3.8, 4) is 11.6 Å². The van der Waals surface area contributed by atoms with Gasteiger partial charge in [-0.25, -0.2) is 14.5 Å². The Labute approximate surface area is 174 Å². The van der Waals surface area contributed by atoms with Gasteiger partial charge in [0.25, 0.3) is 5.89 Å². The van der Waals surface area contributed by atoms with Gasteiger partial charge in [-0.2, -0.15) is 5.10 Å². The molecule has 0 fully saturated rings. The van der Waals surface area contributed by atoms with Crippen LogP contribution in [0.4, 0.5) is 6.01 Å². The molecule has 1 N–H and O–H groups in total. The molecular formula is C19H14ClN9O. The Morgan fingerprint density at radius 3 is 3.03 bits per heavy atom. The highest BCUT2D eigenvalue weighted by molar-refractivity contribution is 6.33. The largest absolute Gasteiger partial charge is 0.401 e. The van der Waals surface area contributed by atoms with Crippen LogP contribution in [0.5, 0.6) is 0 Å². The smallest absolute Gasteiger partial charge is 0.319 e. The quantitative estimate of drug-likeness (QED) is 0.474. The standard InChI is InChI=1S/C19H14ClN9O/c20-11-2-1-6-29-15(11)8-13(27-29)17-16-12(23-10-24-16)3-7-28(17)19-26-25-18(30-19)14-9-21-4-5-22-14/h1-2,4-6,8-10,17H,3,7H2,(H,23,24). The van der Waals surface area contributed by atoms with Gasteiger partial charge in [0.15, 0.2) is 0 Å². The third-order valence-electron chi connectivity index (χ3n) is 5.12. The first-order chi connectivity index (χ1) is 14.8. The number of anilines is 1. The summed E-state index contributed by atoms with van der Waals surface area (Å²) in [4.78, 5) is 18.1. The Balaban J connectivity index is 1.46. The van der Waals surface area contributed by atoms with E-state index in [-0.39, 0.29) is 6.04 Å². The van der Waals surface area contributed by atoms with Crippen molar-refractivity contribution in [3.05, 3.63) is 71.4 Å². The van der Waals surface area contributed by atoms with E-state index in [9.17, 15) is 0 Å². The van der Waals surface area contributed by atoms with Gasteiger partial charge in [0, 0.05) is 37.3 Å². The Bertz CT molecular complexity index is 1340. The Morgan fingerprint density at radius 2 is 2.17 bits per heavy atom. The van der Waals surface area contributed by atoms with Gasteiger partial charge in [0.2, 0.25) is 0 Å². The molecule has 0 aromatic carbocycles. The summed E-state index contributed by atoms with van der Waals surface area (Å²) < 4.78 is 7.71. The average molecular weight is 420 g/mol. The third kappa shape index (κ3) is 2.65. The molecule has 0 aliphatic carbocycles. The van der Waals surface area contributed by atoms with Gasteiger partial charge in [-0.05, 0) is 18.2 Å². The summed E-state index contributed by atoms with van der Waals surface area (Å²) in [5.74, 6) is 0.308. The van der Waals surface area contributed by atoms with Crippen LogP contribution in [0.2, 0.25) is 5.02 Å². The minimum atomic E-state index is -0.300. The van der Waals surface area contributed by atoms with Crippen molar-refractivity contribution in [3.63, 3.8) is 0 Å². The molecular weight excluding hydrogens is 406 g/mol. The number of hydrogen-bond donors (Lipinski definition) is 1. The van der Waals surface area contributed by atoms with E-state index in [0.29, 0.717) is 29.2 Å². The van der Waals surface area contributed by atoms with Crippen LogP contribution in [0.15, 0.2) is 53.7 Å². The molecule has 0 spiro atoms. The highest BCUT2D eigenvalue weighted by Crippen LogP contribution is 2.37. The Morgan fingerprint density at radius 1 is 1.20 bits per heavy atom. The summed E-state index contributed by atoms with van der Waals surface area (Å²) in [6, 6.07) is 5.73. The molecule has 0 saturated carbocycles. The number of halogens is 1. The molecule has 0 bridgehead atoms. The average Bonchev–Trinajstić information content (AvgIpc) is 3.52. The molecule has 5 aromatic rings. The van der Waals surface area contributed by atoms with Crippen molar-refractivity contribution in [1.29, 1.82) is 0 Å². The molecule has 6 rings (SSSR count). The van der Waals surface area contributed by atoms with Crippen molar-refractivity contribution in [2.75, 3.05) is 11.4 Å². The van der Waals surface area contributed by atoms with E-state index >= 15 is 0 Å². The zero-order valence-electron chi connectivity index (χ0n) is 15.5. The van der Waals surface area contributed by atoms with Gasteiger partial charge in [-0.3, -0.25) is 4.98 Å². The number of nitrogens with one attached hydrogen (secondary N) is 1. The van der Waals surface area contributed by atoms with Crippen LogP contribution in [0, 0.1) is 0 Å². The fourth-order valence-corrected chi connectivity index (χ4v) is 3.97. The molecule has 11 heteroatoms. The van der Waals surface area contributed by atoms with Gasteiger partial charge in [0.05, 0.1) is 34.5 Å². The Hall–Kier alpha value is -3.79. The molecule has 1 aliphatic rings. The molecule has 0 radical (unpaired) electrons. The van der Waals surface area contributed by atoms with E-state index in [2.05, 4.69) is 30.1 Å². The van der Waals surface area contributed by atoms with Gasteiger partial charge in [0.1, 0.15) is 11.7 Å². The number of hydrogen-bond acceptors (Lipinski definition) is 8. The van der Waals surface area contributed by atoms with Crippen LogP contribution in [-0.4, -0.2) is 46.3 Å². The van der Waals surface area contributed by atoms with E-state index in [1.54, 1.807) is 29.4 Å². The van der Waals surface area contributed by atoms with Crippen molar-refractivity contribution >= 4 is 23.1 Å². The van der Waals surface area contributed by atoms with E-state index < -0.39 is 0 Å². The second-order valence-corrected chi connectivity index (χ2v) is 7.26. The highest BCUT2D eigenvalue weighted by Gasteiger charge is 2.36. The van der Waals surface area contributed by atoms with Gasteiger partial charge in [-0.1, -0.05) is 16.7 Å². The normalized spacial score (nSPS) is 16.2. The van der Waals surface area contributed by atoms with Gasteiger partial charge < -0.3 is 14.3 Å². The van der Waals surface area contributed by atoms with Crippen LogP contribution in [0.25, 0.3) is 17.1 Å². The molecule has 30 heavy (non-hydrogen) atoms. The lowest BCUT2D eigenvalue weighted by atomic mass is 10.0. The van der Waals surface area contributed by atoms with Crippen molar-refractivity contribution in [2.45, 2.75) is 12.5 Å². The topological polar surface area (TPSA) is 114 Å². The number of aromatic nitrogens is 8. The van der Waals surface area contributed by atoms with Crippen molar-refractivity contribution in [2.24, 2.45) is 0 Å². The van der Waals surface area contributed by atoms with Crippen LogP contribution >= 0.6 is 11.6 Å². The number of pyridine rings is 1. The SMILES string of the molecule is Clc1cccn2nc(C3c4nc[nH]c4CCN3c3nnc(-c4cnccn4)o3)cc12. The fraction of sp³-hybridized carbons (Fsp3) is 0.158. The maximum Gasteiger partial charge on any atom is 0.319 e. The monoisotopic (exact) mass is 419 g/mol. The van der Waals surface area contributed by atoms with E-state index in [4.69, 9.17) is 21.1 Å². The summed E-state index contributed by atoms with van der Waals surface area (Å²) in [7, 11) is 0. The van der Waals surface area contributed by atoms with Crippen LogP contribution < -0.4 is 4.90 Å².